The second-order valence-corrected chi connectivity index (χ2v) is 3.15. The van der Waals surface area contributed by atoms with Gasteiger partial charge in [-0.2, -0.15) is 5.26 Å². The SMILES string of the molecule is C[C@H](C#N)NC(=O)c1ccoc1Br. The van der Waals surface area contributed by atoms with Crippen molar-refractivity contribution < 1.29 is 9.21 Å². The van der Waals surface area contributed by atoms with Gasteiger partial charge in [0.1, 0.15) is 6.04 Å². The summed E-state index contributed by atoms with van der Waals surface area (Å²) in [5, 5.41) is 10.9. The molecule has 0 aliphatic rings. The molecule has 13 heavy (non-hydrogen) atoms. The summed E-state index contributed by atoms with van der Waals surface area (Å²) < 4.78 is 5.24. The van der Waals surface area contributed by atoms with Crippen LogP contribution >= 0.6 is 15.9 Å². The molecule has 0 aliphatic carbocycles. The van der Waals surface area contributed by atoms with Gasteiger partial charge in [0.05, 0.1) is 17.9 Å². The van der Waals surface area contributed by atoms with Gasteiger partial charge in [0.25, 0.3) is 5.91 Å². The van der Waals surface area contributed by atoms with Gasteiger partial charge in [-0.15, -0.1) is 0 Å². The van der Waals surface area contributed by atoms with Crippen molar-refractivity contribution in [1.29, 1.82) is 5.26 Å². The summed E-state index contributed by atoms with van der Waals surface area (Å²) >= 11 is 3.07. The molecule has 1 amide bonds. The van der Waals surface area contributed by atoms with Crippen molar-refractivity contribution in [3.8, 4) is 6.07 Å². The van der Waals surface area contributed by atoms with Crippen LogP contribution in [0.15, 0.2) is 21.4 Å². The van der Waals surface area contributed by atoms with E-state index in [1.54, 1.807) is 6.92 Å². The molecule has 5 heteroatoms. The third kappa shape index (κ3) is 2.33. The number of rotatable bonds is 2. The van der Waals surface area contributed by atoms with Crippen LogP contribution in [0.25, 0.3) is 0 Å². The van der Waals surface area contributed by atoms with E-state index in [9.17, 15) is 4.79 Å². The minimum Gasteiger partial charge on any atom is -0.457 e. The fourth-order valence-electron chi connectivity index (χ4n) is 0.762. The van der Waals surface area contributed by atoms with Crippen LogP contribution in [0.4, 0.5) is 0 Å². The fourth-order valence-corrected chi connectivity index (χ4v) is 1.18. The van der Waals surface area contributed by atoms with Gasteiger partial charge < -0.3 is 9.73 Å². The number of nitriles is 1. The van der Waals surface area contributed by atoms with E-state index in [1.807, 2.05) is 6.07 Å². The second-order valence-electron chi connectivity index (χ2n) is 2.43. The van der Waals surface area contributed by atoms with Crippen molar-refractivity contribution in [2.45, 2.75) is 13.0 Å². The van der Waals surface area contributed by atoms with E-state index < -0.39 is 6.04 Å². The molecule has 4 nitrogen and oxygen atoms in total. The molecule has 0 aliphatic heterocycles. The van der Waals surface area contributed by atoms with Crippen LogP contribution in [0.2, 0.25) is 0 Å². The van der Waals surface area contributed by atoms with Crippen LogP contribution in [-0.4, -0.2) is 11.9 Å². The predicted octanol–water partition coefficient (Wildman–Crippen LogP) is 1.68. The van der Waals surface area contributed by atoms with Crippen molar-refractivity contribution >= 4 is 21.8 Å². The first-order valence-corrected chi connectivity index (χ1v) is 4.38. The van der Waals surface area contributed by atoms with E-state index in [4.69, 9.17) is 9.68 Å². The molecule has 1 atom stereocenters. The molecule has 0 aromatic carbocycles. The molecule has 0 saturated heterocycles. The number of carbonyl (C=O) groups is 1. The first kappa shape index (κ1) is 9.81. The zero-order chi connectivity index (χ0) is 9.84. The van der Waals surface area contributed by atoms with E-state index in [2.05, 4.69) is 21.2 Å². The van der Waals surface area contributed by atoms with Gasteiger partial charge in [0.15, 0.2) is 4.67 Å². The van der Waals surface area contributed by atoms with Gasteiger partial charge >= 0.3 is 0 Å². The molecule has 1 rings (SSSR count). The molecule has 0 radical (unpaired) electrons. The van der Waals surface area contributed by atoms with Crippen LogP contribution in [0.1, 0.15) is 17.3 Å². The van der Waals surface area contributed by atoms with E-state index in [1.165, 1.54) is 12.3 Å². The number of hydrogen-bond acceptors (Lipinski definition) is 3. The zero-order valence-electron chi connectivity index (χ0n) is 6.87. The molecule has 68 valence electrons. The Labute approximate surface area is 83.7 Å². The maximum atomic E-state index is 11.3. The molecule has 1 aromatic heterocycles. The first-order valence-electron chi connectivity index (χ1n) is 3.58. The Morgan fingerprint density at radius 3 is 3.00 bits per heavy atom. The summed E-state index contributed by atoms with van der Waals surface area (Å²) in [5.74, 6) is -0.324. The highest BCUT2D eigenvalue weighted by Crippen LogP contribution is 2.17. The van der Waals surface area contributed by atoms with E-state index in [-0.39, 0.29) is 5.91 Å². The number of hydrogen-bond donors (Lipinski definition) is 1. The van der Waals surface area contributed by atoms with Gasteiger partial charge in [-0.25, -0.2) is 0 Å². The van der Waals surface area contributed by atoms with E-state index in [0.717, 1.165) is 0 Å². The predicted molar refractivity (Wildman–Crippen MR) is 48.9 cm³/mol. The molecule has 0 spiro atoms. The maximum Gasteiger partial charge on any atom is 0.256 e. The Morgan fingerprint density at radius 1 is 1.85 bits per heavy atom. The van der Waals surface area contributed by atoms with Crippen LogP contribution in [0.3, 0.4) is 0 Å². The average Bonchev–Trinajstić information content (AvgIpc) is 2.51. The van der Waals surface area contributed by atoms with E-state index in [0.29, 0.717) is 10.2 Å². The summed E-state index contributed by atoms with van der Waals surface area (Å²) in [5.41, 5.74) is 0.391. The molecule has 1 N–H and O–H groups in total. The van der Waals surface area contributed by atoms with Crippen molar-refractivity contribution in [3.63, 3.8) is 0 Å². The third-order valence-electron chi connectivity index (χ3n) is 1.40. The summed E-state index contributed by atoms with van der Waals surface area (Å²) in [7, 11) is 0. The van der Waals surface area contributed by atoms with Crippen LogP contribution in [-0.2, 0) is 0 Å². The van der Waals surface area contributed by atoms with Gasteiger partial charge in [-0.3, -0.25) is 4.79 Å². The van der Waals surface area contributed by atoms with Crippen LogP contribution in [0.5, 0.6) is 0 Å². The molecular formula is C8H7BrN2O2. The largest absolute Gasteiger partial charge is 0.457 e. The lowest BCUT2D eigenvalue weighted by Gasteiger charge is -2.03. The van der Waals surface area contributed by atoms with Gasteiger partial charge in [0.2, 0.25) is 0 Å². The summed E-state index contributed by atoms with van der Waals surface area (Å²) in [6, 6.07) is 2.93. The Kier molecular flexibility index (Phi) is 3.09. The van der Waals surface area contributed by atoms with Gasteiger partial charge in [-0.05, 0) is 28.9 Å². The lowest BCUT2D eigenvalue weighted by Crippen LogP contribution is -2.31. The second kappa shape index (κ2) is 4.10. The number of halogens is 1. The maximum absolute atomic E-state index is 11.3. The topological polar surface area (TPSA) is 66.0 Å². The number of furan rings is 1. The molecule has 0 bridgehead atoms. The lowest BCUT2D eigenvalue weighted by atomic mass is 10.3. The number of amides is 1. The highest BCUT2D eigenvalue weighted by Gasteiger charge is 2.13. The van der Waals surface area contributed by atoms with Crippen LogP contribution < -0.4 is 5.32 Å². The van der Waals surface area contributed by atoms with Crippen molar-refractivity contribution in [3.05, 3.63) is 22.6 Å². The molecular weight excluding hydrogens is 236 g/mol. The normalized spacial score (nSPS) is 11.8. The first-order chi connectivity index (χ1) is 6.15. The standard InChI is InChI=1S/C8H7BrN2O2/c1-5(4-10)11-8(12)6-2-3-13-7(6)9/h2-3,5H,1H3,(H,11,12)/t5-/m1/s1. The van der Waals surface area contributed by atoms with Crippen LogP contribution in [0, 0.1) is 11.3 Å². The lowest BCUT2D eigenvalue weighted by molar-refractivity contribution is 0.0946. The Balaban J connectivity index is 2.71. The van der Waals surface area contributed by atoms with Gasteiger partial charge in [0, 0.05) is 0 Å². The third-order valence-corrected chi connectivity index (χ3v) is 2.02. The number of carbonyl (C=O) groups excluding carboxylic acids is 1. The monoisotopic (exact) mass is 242 g/mol. The minimum atomic E-state index is -0.505. The van der Waals surface area contributed by atoms with Crippen molar-refractivity contribution in [2.75, 3.05) is 0 Å². The highest BCUT2D eigenvalue weighted by molar-refractivity contribution is 9.10. The molecule has 1 aromatic rings. The fraction of sp³-hybridized carbons (Fsp3) is 0.250. The molecule has 1 heterocycles. The Morgan fingerprint density at radius 2 is 2.54 bits per heavy atom. The van der Waals surface area contributed by atoms with E-state index >= 15 is 0 Å². The molecule has 0 unspecified atom stereocenters. The summed E-state index contributed by atoms with van der Waals surface area (Å²) in [6.07, 6.45) is 1.40. The number of nitrogens with zero attached hydrogens (tertiary/aromatic N) is 1. The quantitative estimate of drug-likeness (QED) is 0.859. The minimum absolute atomic E-state index is 0.324. The smallest absolute Gasteiger partial charge is 0.256 e. The number of nitrogens with one attached hydrogen (secondary N) is 1. The molecule has 0 saturated carbocycles. The Hall–Kier alpha value is -1.28. The van der Waals surface area contributed by atoms with Crippen molar-refractivity contribution in [1.82, 2.24) is 5.32 Å². The van der Waals surface area contributed by atoms with Gasteiger partial charge in [-0.1, -0.05) is 0 Å². The summed E-state index contributed by atoms with van der Waals surface area (Å²) in [4.78, 5) is 11.3. The average molecular weight is 243 g/mol. The summed E-state index contributed by atoms with van der Waals surface area (Å²) in [6.45, 7) is 1.60. The Bertz CT molecular complexity index is 353. The highest BCUT2D eigenvalue weighted by atomic mass is 79.9. The zero-order valence-corrected chi connectivity index (χ0v) is 8.46. The van der Waals surface area contributed by atoms with Crippen molar-refractivity contribution in [2.24, 2.45) is 0 Å². The molecule has 0 fully saturated rings.